The highest BCUT2D eigenvalue weighted by Crippen LogP contribution is 2.14. The molecule has 122 valence electrons. The second-order valence-corrected chi connectivity index (χ2v) is 6.28. The van der Waals surface area contributed by atoms with E-state index in [0.29, 0.717) is 19.0 Å². The van der Waals surface area contributed by atoms with Crippen LogP contribution in [0.2, 0.25) is 0 Å². The van der Waals surface area contributed by atoms with E-state index in [2.05, 4.69) is 29.4 Å². The fraction of sp³-hybridized carbons (Fsp3) is 0.867. The Bertz CT molecular complexity index is 328. The van der Waals surface area contributed by atoms with Gasteiger partial charge in [-0.1, -0.05) is 13.8 Å². The smallest absolute Gasteiger partial charge is 0.314 e. The van der Waals surface area contributed by atoms with Crippen LogP contribution in [0.1, 0.15) is 39.5 Å². The van der Waals surface area contributed by atoms with Crippen LogP contribution in [0.4, 0.5) is 4.79 Å². The van der Waals surface area contributed by atoms with Gasteiger partial charge in [-0.2, -0.15) is 0 Å². The highest BCUT2D eigenvalue weighted by atomic mass is 16.4. The molecule has 1 aliphatic rings. The third kappa shape index (κ3) is 8.55. The van der Waals surface area contributed by atoms with Gasteiger partial charge in [0.1, 0.15) is 0 Å². The summed E-state index contributed by atoms with van der Waals surface area (Å²) in [4.78, 5) is 24.9. The lowest BCUT2D eigenvalue weighted by molar-refractivity contribution is -0.138. The van der Waals surface area contributed by atoms with E-state index in [4.69, 9.17) is 5.11 Å². The molecule has 6 nitrogen and oxygen atoms in total. The average Bonchev–Trinajstić information content (AvgIpc) is 2.88. The van der Waals surface area contributed by atoms with Gasteiger partial charge < -0.3 is 20.6 Å². The first kappa shape index (κ1) is 17.8. The van der Waals surface area contributed by atoms with Crippen molar-refractivity contribution in [2.45, 2.75) is 39.5 Å². The van der Waals surface area contributed by atoms with Gasteiger partial charge in [-0.05, 0) is 44.2 Å². The molecule has 0 saturated carbocycles. The molecule has 0 bridgehead atoms. The summed E-state index contributed by atoms with van der Waals surface area (Å²) in [5.74, 6) is -0.391. The van der Waals surface area contributed by atoms with Crippen LogP contribution in [0.5, 0.6) is 0 Å². The van der Waals surface area contributed by atoms with E-state index in [1.807, 2.05) is 0 Å². The molecule has 1 fully saturated rings. The summed E-state index contributed by atoms with van der Waals surface area (Å²) in [6, 6.07) is -0.201. The van der Waals surface area contributed by atoms with Crippen LogP contribution in [0.3, 0.4) is 0 Å². The van der Waals surface area contributed by atoms with E-state index < -0.39 is 5.97 Å². The lowest BCUT2D eigenvalue weighted by atomic mass is 9.94. The summed E-state index contributed by atoms with van der Waals surface area (Å²) in [7, 11) is 0. The predicted octanol–water partition coefficient (Wildman–Crippen LogP) is 1.52. The fourth-order valence-corrected chi connectivity index (χ4v) is 2.79. The number of carbonyl (C=O) groups is 2. The highest BCUT2D eigenvalue weighted by molar-refractivity contribution is 5.74. The number of urea groups is 1. The summed E-state index contributed by atoms with van der Waals surface area (Å²) in [6.07, 6.45) is 3.41. The first-order chi connectivity index (χ1) is 9.97. The number of rotatable bonds is 9. The molecule has 0 aromatic carbocycles. The molecule has 21 heavy (non-hydrogen) atoms. The molecule has 1 atom stereocenters. The fourth-order valence-electron chi connectivity index (χ4n) is 2.79. The highest BCUT2D eigenvalue weighted by Gasteiger charge is 2.16. The van der Waals surface area contributed by atoms with E-state index in [1.54, 1.807) is 0 Å². The van der Waals surface area contributed by atoms with E-state index >= 15 is 0 Å². The van der Waals surface area contributed by atoms with Crippen LogP contribution in [-0.4, -0.2) is 54.7 Å². The molecule has 1 unspecified atom stereocenters. The Labute approximate surface area is 127 Å². The van der Waals surface area contributed by atoms with Crippen molar-refractivity contribution in [3.05, 3.63) is 0 Å². The third-order valence-corrected chi connectivity index (χ3v) is 3.73. The minimum Gasteiger partial charge on any atom is -0.481 e. The van der Waals surface area contributed by atoms with Crippen LogP contribution >= 0.6 is 0 Å². The molecule has 3 N–H and O–H groups in total. The number of amides is 2. The van der Waals surface area contributed by atoms with Crippen molar-refractivity contribution >= 4 is 12.0 Å². The zero-order chi connectivity index (χ0) is 15.7. The Hall–Kier alpha value is -1.30. The van der Waals surface area contributed by atoms with Crippen LogP contribution in [0, 0.1) is 11.8 Å². The van der Waals surface area contributed by atoms with Gasteiger partial charge in [-0.25, -0.2) is 4.79 Å². The van der Waals surface area contributed by atoms with Crippen LogP contribution in [-0.2, 0) is 4.79 Å². The molecular weight excluding hydrogens is 270 g/mol. The second-order valence-electron chi connectivity index (χ2n) is 6.28. The molecule has 0 spiro atoms. The van der Waals surface area contributed by atoms with Crippen molar-refractivity contribution in [3.8, 4) is 0 Å². The zero-order valence-electron chi connectivity index (χ0n) is 13.2. The Morgan fingerprint density at radius 2 is 1.86 bits per heavy atom. The van der Waals surface area contributed by atoms with E-state index in [-0.39, 0.29) is 18.4 Å². The molecule has 1 saturated heterocycles. The number of hydrogen-bond acceptors (Lipinski definition) is 3. The van der Waals surface area contributed by atoms with Crippen LogP contribution < -0.4 is 10.6 Å². The predicted molar refractivity (Wildman–Crippen MR) is 82.3 cm³/mol. The van der Waals surface area contributed by atoms with Gasteiger partial charge in [0.05, 0.1) is 0 Å². The Morgan fingerprint density at radius 1 is 1.19 bits per heavy atom. The number of carboxylic acids is 1. The maximum atomic E-state index is 11.7. The molecule has 0 aromatic heterocycles. The van der Waals surface area contributed by atoms with Crippen molar-refractivity contribution in [3.63, 3.8) is 0 Å². The van der Waals surface area contributed by atoms with Gasteiger partial charge in [-0.3, -0.25) is 4.79 Å². The topological polar surface area (TPSA) is 81.7 Å². The summed E-state index contributed by atoms with van der Waals surface area (Å²) >= 11 is 0. The number of nitrogens with one attached hydrogen (secondary N) is 2. The summed E-state index contributed by atoms with van der Waals surface area (Å²) in [5.41, 5.74) is 0. The third-order valence-electron chi connectivity index (χ3n) is 3.73. The Kier molecular flexibility index (Phi) is 8.12. The minimum absolute atomic E-state index is 0.00756. The first-order valence-corrected chi connectivity index (χ1v) is 7.93. The molecule has 0 aromatic rings. The standard InChI is InChI=1S/C15H29N3O3/c1-12(2)9-13(10-14(19)20)11-17-15(21)16-5-8-18-6-3-4-7-18/h12-13H,3-11H2,1-2H3,(H,19,20)(H2,16,17,21). The zero-order valence-corrected chi connectivity index (χ0v) is 13.2. The van der Waals surface area contributed by atoms with Gasteiger partial charge >= 0.3 is 12.0 Å². The number of carboxylic acid groups (broad SMARTS) is 1. The molecule has 1 heterocycles. The van der Waals surface area contributed by atoms with E-state index in [1.165, 1.54) is 12.8 Å². The van der Waals surface area contributed by atoms with Crippen molar-refractivity contribution < 1.29 is 14.7 Å². The van der Waals surface area contributed by atoms with Crippen molar-refractivity contribution in [2.75, 3.05) is 32.7 Å². The number of aliphatic carboxylic acids is 1. The van der Waals surface area contributed by atoms with Crippen LogP contribution in [0.15, 0.2) is 0 Å². The maximum absolute atomic E-state index is 11.7. The number of hydrogen-bond donors (Lipinski definition) is 3. The van der Waals surface area contributed by atoms with Crippen LogP contribution in [0.25, 0.3) is 0 Å². The van der Waals surface area contributed by atoms with E-state index in [9.17, 15) is 9.59 Å². The largest absolute Gasteiger partial charge is 0.481 e. The average molecular weight is 299 g/mol. The van der Waals surface area contributed by atoms with Gasteiger partial charge in [-0.15, -0.1) is 0 Å². The summed E-state index contributed by atoms with van der Waals surface area (Å²) in [5, 5.41) is 14.5. The van der Waals surface area contributed by atoms with Gasteiger partial charge in [0.15, 0.2) is 0 Å². The SMILES string of the molecule is CC(C)CC(CNC(=O)NCCN1CCCC1)CC(=O)O. The monoisotopic (exact) mass is 299 g/mol. The summed E-state index contributed by atoms with van der Waals surface area (Å²) in [6.45, 7) is 8.31. The van der Waals surface area contributed by atoms with Crippen molar-refractivity contribution in [1.82, 2.24) is 15.5 Å². The quantitative estimate of drug-likeness (QED) is 0.603. The first-order valence-electron chi connectivity index (χ1n) is 7.93. The molecule has 6 heteroatoms. The molecule has 0 aliphatic carbocycles. The number of nitrogens with zero attached hydrogens (tertiary/aromatic N) is 1. The maximum Gasteiger partial charge on any atom is 0.314 e. The molecule has 1 aliphatic heterocycles. The molecule has 0 radical (unpaired) electrons. The Morgan fingerprint density at radius 3 is 2.43 bits per heavy atom. The molecule has 2 amide bonds. The van der Waals surface area contributed by atoms with E-state index in [0.717, 1.165) is 26.1 Å². The summed E-state index contributed by atoms with van der Waals surface area (Å²) < 4.78 is 0. The van der Waals surface area contributed by atoms with Gasteiger partial charge in [0.25, 0.3) is 0 Å². The molecular formula is C15H29N3O3. The van der Waals surface area contributed by atoms with Gasteiger partial charge in [0.2, 0.25) is 0 Å². The Balaban J connectivity index is 2.17. The normalized spacial score (nSPS) is 16.9. The molecule has 1 rings (SSSR count). The van der Waals surface area contributed by atoms with Crippen molar-refractivity contribution in [2.24, 2.45) is 11.8 Å². The van der Waals surface area contributed by atoms with Gasteiger partial charge in [0, 0.05) is 26.1 Å². The number of likely N-dealkylation sites (tertiary alicyclic amines) is 1. The second kappa shape index (κ2) is 9.60. The number of carbonyl (C=O) groups excluding carboxylic acids is 1. The minimum atomic E-state index is -0.808. The lowest BCUT2D eigenvalue weighted by Crippen LogP contribution is -2.41. The lowest BCUT2D eigenvalue weighted by Gasteiger charge is -2.19. The van der Waals surface area contributed by atoms with Crippen molar-refractivity contribution in [1.29, 1.82) is 0 Å².